The van der Waals surface area contributed by atoms with Crippen LogP contribution >= 0.6 is 0 Å². The fraction of sp³-hybridized carbons (Fsp3) is 0.938. The number of carbonyl (C=O) groups is 3. The molecule has 7 heteroatoms. The molecule has 0 aromatic heterocycles. The van der Waals surface area contributed by atoms with E-state index >= 15 is 0 Å². The molecule has 0 rings (SSSR count). The lowest BCUT2D eigenvalue weighted by molar-refractivity contribution is -0.150. The molecule has 0 aliphatic rings. The molecule has 0 radical (unpaired) electrons. The molecule has 0 aliphatic carbocycles. The van der Waals surface area contributed by atoms with Crippen molar-refractivity contribution >= 4 is 17.7 Å². The number of hydrogen-bond donors (Lipinski definition) is 0. The summed E-state index contributed by atoms with van der Waals surface area (Å²) in [6, 6.07) is 0. The van der Waals surface area contributed by atoms with Crippen LogP contribution in [-0.4, -0.2) is 68.7 Å². The maximum absolute atomic E-state index is 12.8. The Bertz CT molecular complexity index is 819. The molecule has 0 N–H and O–H groups in total. The Morgan fingerprint density at radius 1 is 0.436 bits per heavy atom. The normalized spacial score (nSPS) is 11.5. The van der Waals surface area contributed by atoms with Crippen molar-refractivity contribution in [3.8, 4) is 0 Å². The van der Waals surface area contributed by atoms with Crippen LogP contribution in [0.4, 0.5) is 0 Å². The summed E-state index contributed by atoms with van der Waals surface area (Å²) in [6.07, 6.45) is 39.6. The molecule has 0 fully saturated rings. The van der Waals surface area contributed by atoms with Gasteiger partial charge < -0.3 is 19.1 Å². The van der Waals surface area contributed by atoms with E-state index in [2.05, 4.69) is 25.7 Å². The van der Waals surface area contributed by atoms with Gasteiger partial charge in [-0.1, -0.05) is 162 Å². The zero-order valence-corrected chi connectivity index (χ0v) is 37.3. The van der Waals surface area contributed by atoms with Gasteiger partial charge in [0.05, 0.1) is 6.61 Å². The van der Waals surface area contributed by atoms with Crippen molar-refractivity contribution in [1.82, 2.24) is 4.90 Å². The first-order valence-electron chi connectivity index (χ1n) is 24.0. The van der Waals surface area contributed by atoms with Crippen molar-refractivity contribution in [3.63, 3.8) is 0 Å². The largest absolute Gasteiger partial charge is 0.466 e. The van der Waals surface area contributed by atoms with Crippen molar-refractivity contribution in [2.24, 2.45) is 0 Å². The molecule has 0 saturated carbocycles. The highest BCUT2D eigenvalue weighted by atomic mass is 16.5. The lowest BCUT2D eigenvalue weighted by atomic mass is 10.0. The minimum absolute atomic E-state index is 0.00916. The van der Waals surface area contributed by atoms with Crippen molar-refractivity contribution in [1.29, 1.82) is 0 Å². The number of Topliss-reactive ketones (excluding diaryl/α,β-unsaturated/α-hetero) is 1. The summed E-state index contributed by atoms with van der Waals surface area (Å²) in [6.45, 7) is 10.6. The van der Waals surface area contributed by atoms with E-state index < -0.39 is 0 Å². The number of ketones is 1. The van der Waals surface area contributed by atoms with E-state index in [1.807, 2.05) is 0 Å². The third-order valence-corrected chi connectivity index (χ3v) is 11.0. The molecular weight excluding hydrogens is 687 g/mol. The number of nitrogens with zero attached hydrogens (tertiary/aromatic N) is 1. The SMILES string of the molecule is CCCCCCCCCOC(=O)CCCCCCCN(CCCCCCCC(=O)OC(CCCCCCCC)CCCCCCCC)CCCC(=O)COC. The van der Waals surface area contributed by atoms with E-state index in [1.165, 1.54) is 122 Å². The van der Waals surface area contributed by atoms with Gasteiger partial charge in [-0.3, -0.25) is 14.4 Å². The Morgan fingerprint density at radius 2 is 0.836 bits per heavy atom. The summed E-state index contributed by atoms with van der Waals surface area (Å²) in [7, 11) is 1.58. The predicted octanol–water partition coefficient (Wildman–Crippen LogP) is 13.7. The van der Waals surface area contributed by atoms with Crippen molar-refractivity contribution in [2.45, 2.75) is 252 Å². The first-order valence-corrected chi connectivity index (χ1v) is 24.0. The van der Waals surface area contributed by atoms with Gasteiger partial charge in [0, 0.05) is 26.4 Å². The molecule has 0 heterocycles. The Balaban J connectivity index is 4.30. The predicted molar refractivity (Wildman–Crippen MR) is 233 cm³/mol. The quantitative estimate of drug-likeness (QED) is 0.0449. The Morgan fingerprint density at radius 3 is 1.33 bits per heavy atom. The number of hydrogen-bond acceptors (Lipinski definition) is 7. The molecule has 0 spiro atoms. The van der Waals surface area contributed by atoms with Gasteiger partial charge in [0.1, 0.15) is 12.7 Å². The first-order chi connectivity index (χ1) is 27.0. The number of methoxy groups -OCH3 is 1. The van der Waals surface area contributed by atoms with Crippen molar-refractivity contribution in [2.75, 3.05) is 40.0 Å². The zero-order chi connectivity index (χ0) is 40.3. The second-order valence-electron chi connectivity index (χ2n) is 16.5. The second-order valence-corrected chi connectivity index (χ2v) is 16.5. The number of unbranched alkanes of at least 4 members (excludes halogenated alkanes) is 24. The zero-order valence-electron chi connectivity index (χ0n) is 37.3. The van der Waals surface area contributed by atoms with E-state index in [0.29, 0.717) is 25.9 Å². The monoisotopic (exact) mass is 780 g/mol. The third-order valence-electron chi connectivity index (χ3n) is 11.0. The minimum Gasteiger partial charge on any atom is -0.466 e. The average Bonchev–Trinajstić information content (AvgIpc) is 3.17. The molecule has 0 bridgehead atoms. The Hall–Kier alpha value is -1.47. The number of rotatable bonds is 45. The summed E-state index contributed by atoms with van der Waals surface area (Å²) in [5, 5.41) is 0. The maximum Gasteiger partial charge on any atom is 0.306 e. The summed E-state index contributed by atoms with van der Waals surface area (Å²) in [5.41, 5.74) is 0. The molecule has 0 aliphatic heterocycles. The average molecular weight is 780 g/mol. The van der Waals surface area contributed by atoms with Gasteiger partial charge in [-0.2, -0.15) is 0 Å². The molecular formula is C48H93NO6. The molecule has 0 unspecified atom stereocenters. The van der Waals surface area contributed by atoms with Gasteiger partial charge in [-0.15, -0.1) is 0 Å². The van der Waals surface area contributed by atoms with Crippen LogP contribution in [0.2, 0.25) is 0 Å². The van der Waals surface area contributed by atoms with Crippen molar-refractivity contribution < 1.29 is 28.6 Å². The first kappa shape index (κ1) is 53.5. The van der Waals surface area contributed by atoms with Gasteiger partial charge in [-0.05, 0) is 83.8 Å². The summed E-state index contributed by atoms with van der Waals surface area (Å²) in [4.78, 5) is 39.4. The molecule has 0 aromatic carbocycles. The molecule has 326 valence electrons. The van der Waals surface area contributed by atoms with E-state index in [9.17, 15) is 14.4 Å². The van der Waals surface area contributed by atoms with E-state index in [0.717, 1.165) is 103 Å². The molecule has 0 atom stereocenters. The fourth-order valence-electron chi connectivity index (χ4n) is 7.47. The Labute approximate surface area is 341 Å². The van der Waals surface area contributed by atoms with E-state index in [-0.39, 0.29) is 30.4 Å². The highest BCUT2D eigenvalue weighted by Crippen LogP contribution is 2.19. The number of esters is 2. The van der Waals surface area contributed by atoms with Crippen LogP contribution < -0.4 is 0 Å². The van der Waals surface area contributed by atoms with Gasteiger partial charge in [0.25, 0.3) is 0 Å². The van der Waals surface area contributed by atoms with Crippen LogP contribution in [0.25, 0.3) is 0 Å². The van der Waals surface area contributed by atoms with Gasteiger partial charge >= 0.3 is 11.9 Å². The van der Waals surface area contributed by atoms with Crippen LogP contribution in [0.1, 0.15) is 245 Å². The van der Waals surface area contributed by atoms with Gasteiger partial charge in [0.2, 0.25) is 0 Å². The maximum atomic E-state index is 12.8. The summed E-state index contributed by atoms with van der Waals surface area (Å²) < 4.78 is 16.5. The second kappa shape index (κ2) is 43.6. The smallest absolute Gasteiger partial charge is 0.306 e. The van der Waals surface area contributed by atoms with E-state index in [4.69, 9.17) is 14.2 Å². The number of ether oxygens (including phenoxy) is 3. The van der Waals surface area contributed by atoms with Crippen molar-refractivity contribution in [3.05, 3.63) is 0 Å². The van der Waals surface area contributed by atoms with Gasteiger partial charge in [-0.25, -0.2) is 0 Å². The molecule has 0 saturated heterocycles. The molecule has 0 aromatic rings. The number of carbonyl (C=O) groups excluding carboxylic acids is 3. The highest BCUT2D eigenvalue weighted by Gasteiger charge is 2.14. The van der Waals surface area contributed by atoms with Crippen LogP contribution in [0.3, 0.4) is 0 Å². The van der Waals surface area contributed by atoms with Crippen LogP contribution in [0, 0.1) is 0 Å². The van der Waals surface area contributed by atoms with Crippen LogP contribution in [0.15, 0.2) is 0 Å². The lowest BCUT2D eigenvalue weighted by Gasteiger charge is -2.22. The highest BCUT2D eigenvalue weighted by molar-refractivity contribution is 5.79. The lowest BCUT2D eigenvalue weighted by Crippen LogP contribution is -2.28. The molecule has 55 heavy (non-hydrogen) atoms. The van der Waals surface area contributed by atoms with Gasteiger partial charge in [0.15, 0.2) is 5.78 Å². The fourth-order valence-corrected chi connectivity index (χ4v) is 7.47. The summed E-state index contributed by atoms with van der Waals surface area (Å²) in [5.74, 6) is 0.152. The summed E-state index contributed by atoms with van der Waals surface area (Å²) >= 11 is 0. The van der Waals surface area contributed by atoms with Crippen LogP contribution in [-0.2, 0) is 28.6 Å². The van der Waals surface area contributed by atoms with E-state index in [1.54, 1.807) is 7.11 Å². The minimum atomic E-state index is -0.0358. The third kappa shape index (κ3) is 40.5. The Kier molecular flexibility index (Phi) is 42.5. The molecule has 7 nitrogen and oxygen atoms in total. The standard InChI is InChI=1S/C48H93NO6/c1-5-8-11-14-17-26-33-43-54-47(51)38-29-22-18-24-31-40-49(42-34-35-45(50)44-53-4)41-32-25-19-23-30-39-48(52)55-46(36-27-20-15-12-9-6-2)37-28-21-16-13-10-7-3/h46H,5-44H2,1-4H3. The molecule has 0 amide bonds. The topological polar surface area (TPSA) is 82.1 Å². The van der Waals surface area contributed by atoms with Crippen LogP contribution in [0.5, 0.6) is 0 Å².